The average Bonchev–Trinajstić information content (AvgIpc) is 2.90. The Labute approximate surface area is 208 Å². The minimum atomic E-state index is -0.373. The molecule has 4 aromatic rings. The summed E-state index contributed by atoms with van der Waals surface area (Å²) >= 11 is 0. The standard InChI is InChI=1S/C32H31NO2/c1-4-32(34)35-22-8-9-26-13-18-29(19-14-26)33(31-17-12-24(2)25(3)23-31)30-20-15-28(16-21-30)27-10-6-5-7-11-27/h4-7,10-21,23H,1,8-9,22H2,2-3H3. The highest BCUT2D eigenvalue weighted by Gasteiger charge is 2.13. The fraction of sp³-hybridized carbons (Fsp3) is 0.156. The zero-order valence-electron chi connectivity index (χ0n) is 20.4. The number of benzene rings is 4. The molecule has 4 rings (SSSR count). The molecule has 4 aromatic carbocycles. The number of anilines is 3. The van der Waals surface area contributed by atoms with Gasteiger partial charge in [-0.15, -0.1) is 0 Å². The fourth-order valence-electron chi connectivity index (χ4n) is 4.07. The number of carbonyl (C=O) groups is 1. The van der Waals surface area contributed by atoms with Crippen LogP contribution in [-0.2, 0) is 16.0 Å². The quantitative estimate of drug-likeness (QED) is 0.143. The van der Waals surface area contributed by atoms with E-state index < -0.39 is 0 Å². The summed E-state index contributed by atoms with van der Waals surface area (Å²) in [6.45, 7) is 8.11. The zero-order chi connectivity index (χ0) is 24.6. The number of rotatable bonds is 9. The largest absolute Gasteiger partial charge is 0.463 e. The molecule has 0 aliphatic rings. The SMILES string of the molecule is C=CC(=O)OCCCc1ccc(N(c2ccc(-c3ccccc3)cc2)c2ccc(C)c(C)c2)cc1. The molecular formula is C32H31NO2. The first-order chi connectivity index (χ1) is 17.0. The molecule has 0 unspecified atom stereocenters. The van der Waals surface area contributed by atoms with Gasteiger partial charge in [-0.25, -0.2) is 4.79 Å². The van der Waals surface area contributed by atoms with Gasteiger partial charge >= 0.3 is 5.97 Å². The van der Waals surface area contributed by atoms with Gasteiger partial charge in [0.1, 0.15) is 0 Å². The molecule has 3 heteroatoms. The summed E-state index contributed by atoms with van der Waals surface area (Å²) < 4.78 is 5.09. The minimum Gasteiger partial charge on any atom is -0.463 e. The van der Waals surface area contributed by atoms with Crippen LogP contribution in [0.1, 0.15) is 23.1 Å². The Bertz CT molecular complexity index is 1280. The van der Waals surface area contributed by atoms with Gasteiger partial charge in [0.25, 0.3) is 0 Å². The highest BCUT2D eigenvalue weighted by Crippen LogP contribution is 2.36. The lowest BCUT2D eigenvalue weighted by Gasteiger charge is -2.26. The maximum Gasteiger partial charge on any atom is 0.330 e. The second kappa shape index (κ2) is 11.3. The molecule has 0 aromatic heterocycles. The van der Waals surface area contributed by atoms with Crippen LogP contribution in [0.25, 0.3) is 11.1 Å². The van der Waals surface area contributed by atoms with Crippen LogP contribution in [0.5, 0.6) is 0 Å². The summed E-state index contributed by atoms with van der Waals surface area (Å²) in [7, 11) is 0. The van der Waals surface area contributed by atoms with Crippen molar-refractivity contribution in [2.24, 2.45) is 0 Å². The predicted molar refractivity (Wildman–Crippen MR) is 146 cm³/mol. The summed E-state index contributed by atoms with van der Waals surface area (Å²) in [4.78, 5) is 13.5. The Balaban J connectivity index is 1.59. The minimum absolute atomic E-state index is 0.373. The normalized spacial score (nSPS) is 10.6. The molecule has 0 fully saturated rings. The lowest BCUT2D eigenvalue weighted by Crippen LogP contribution is -2.10. The molecule has 0 spiro atoms. The number of nitrogens with zero attached hydrogens (tertiary/aromatic N) is 1. The van der Waals surface area contributed by atoms with Crippen molar-refractivity contribution in [1.29, 1.82) is 0 Å². The third kappa shape index (κ3) is 6.07. The van der Waals surface area contributed by atoms with Crippen LogP contribution in [0.4, 0.5) is 17.1 Å². The van der Waals surface area contributed by atoms with E-state index >= 15 is 0 Å². The van der Waals surface area contributed by atoms with Crippen LogP contribution in [0.2, 0.25) is 0 Å². The van der Waals surface area contributed by atoms with Crippen LogP contribution in [-0.4, -0.2) is 12.6 Å². The molecule has 3 nitrogen and oxygen atoms in total. The van der Waals surface area contributed by atoms with Crippen molar-refractivity contribution in [2.75, 3.05) is 11.5 Å². The monoisotopic (exact) mass is 461 g/mol. The van der Waals surface area contributed by atoms with Gasteiger partial charge in [-0.3, -0.25) is 0 Å². The van der Waals surface area contributed by atoms with E-state index in [4.69, 9.17) is 4.74 Å². The summed E-state index contributed by atoms with van der Waals surface area (Å²) in [6, 6.07) is 34.4. The topological polar surface area (TPSA) is 29.5 Å². The van der Waals surface area contributed by atoms with Crippen molar-refractivity contribution in [1.82, 2.24) is 0 Å². The van der Waals surface area contributed by atoms with Crippen LogP contribution in [0.15, 0.2) is 110 Å². The predicted octanol–water partition coefficient (Wildman–Crippen LogP) is 8.10. The number of carbonyl (C=O) groups excluding carboxylic acids is 1. The van der Waals surface area contributed by atoms with Gasteiger partial charge in [-0.05, 0) is 90.9 Å². The van der Waals surface area contributed by atoms with E-state index in [1.165, 1.54) is 33.9 Å². The molecule has 0 bridgehead atoms. The Hall–Kier alpha value is -4.11. The molecule has 176 valence electrons. The van der Waals surface area contributed by atoms with Gasteiger partial charge in [0, 0.05) is 23.1 Å². The Kier molecular flexibility index (Phi) is 7.79. The zero-order valence-corrected chi connectivity index (χ0v) is 20.4. The van der Waals surface area contributed by atoms with Crippen molar-refractivity contribution in [3.63, 3.8) is 0 Å². The van der Waals surface area contributed by atoms with Crippen molar-refractivity contribution in [3.8, 4) is 11.1 Å². The van der Waals surface area contributed by atoms with Crippen molar-refractivity contribution in [3.05, 3.63) is 126 Å². The Morgan fingerprint density at radius 1 is 0.771 bits per heavy atom. The lowest BCUT2D eigenvalue weighted by atomic mass is 10.0. The Morgan fingerprint density at radius 3 is 2.00 bits per heavy atom. The lowest BCUT2D eigenvalue weighted by molar-refractivity contribution is -0.137. The van der Waals surface area contributed by atoms with Crippen molar-refractivity contribution >= 4 is 23.0 Å². The number of aryl methyl sites for hydroxylation is 3. The third-order valence-corrected chi connectivity index (χ3v) is 6.20. The molecule has 0 radical (unpaired) electrons. The third-order valence-electron chi connectivity index (χ3n) is 6.20. The summed E-state index contributed by atoms with van der Waals surface area (Å²) in [5, 5.41) is 0. The first kappa shape index (κ1) is 24.0. The average molecular weight is 462 g/mol. The van der Waals surface area contributed by atoms with Gasteiger partial charge in [0.2, 0.25) is 0 Å². The molecule has 0 N–H and O–H groups in total. The Morgan fingerprint density at radius 2 is 1.37 bits per heavy atom. The van der Waals surface area contributed by atoms with E-state index in [2.05, 4.69) is 116 Å². The van der Waals surface area contributed by atoms with Gasteiger partial charge in [-0.1, -0.05) is 67.2 Å². The first-order valence-electron chi connectivity index (χ1n) is 12.0. The summed E-state index contributed by atoms with van der Waals surface area (Å²) in [5.41, 5.74) is 9.49. The fourth-order valence-corrected chi connectivity index (χ4v) is 4.07. The molecule has 0 amide bonds. The van der Waals surface area contributed by atoms with Gasteiger partial charge in [-0.2, -0.15) is 0 Å². The number of hydrogen-bond donors (Lipinski definition) is 0. The van der Waals surface area contributed by atoms with Crippen LogP contribution >= 0.6 is 0 Å². The molecule has 0 saturated heterocycles. The van der Waals surface area contributed by atoms with Gasteiger partial charge < -0.3 is 9.64 Å². The molecule has 35 heavy (non-hydrogen) atoms. The maximum atomic E-state index is 11.2. The van der Waals surface area contributed by atoms with Crippen molar-refractivity contribution < 1.29 is 9.53 Å². The molecule has 0 aliphatic heterocycles. The van der Waals surface area contributed by atoms with Crippen molar-refractivity contribution in [2.45, 2.75) is 26.7 Å². The van der Waals surface area contributed by atoms with E-state index in [1.54, 1.807) is 0 Å². The van der Waals surface area contributed by atoms with E-state index in [1.807, 2.05) is 6.07 Å². The van der Waals surface area contributed by atoms with Gasteiger partial charge in [0.15, 0.2) is 0 Å². The molecular weight excluding hydrogens is 430 g/mol. The van der Waals surface area contributed by atoms with Crippen LogP contribution in [0.3, 0.4) is 0 Å². The number of hydrogen-bond acceptors (Lipinski definition) is 3. The maximum absolute atomic E-state index is 11.2. The first-order valence-corrected chi connectivity index (χ1v) is 12.0. The van der Waals surface area contributed by atoms with E-state index in [0.29, 0.717) is 6.61 Å². The van der Waals surface area contributed by atoms with E-state index in [-0.39, 0.29) is 5.97 Å². The molecule has 0 atom stereocenters. The van der Waals surface area contributed by atoms with Crippen LogP contribution < -0.4 is 4.90 Å². The second-order valence-electron chi connectivity index (χ2n) is 8.66. The summed E-state index contributed by atoms with van der Waals surface area (Å²) in [6.07, 6.45) is 2.82. The number of ether oxygens (including phenoxy) is 1. The molecule has 0 saturated carbocycles. The highest BCUT2D eigenvalue weighted by molar-refractivity contribution is 5.81. The number of esters is 1. The molecule has 0 aliphatic carbocycles. The highest BCUT2D eigenvalue weighted by atomic mass is 16.5. The second-order valence-corrected chi connectivity index (χ2v) is 8.66. The summed E-state index contributed by atoms with van der Waals surface area (Å²) in [5.74, 6) is -0.373. The van der Waals surface area contributed by atoms with Gasteiger partial charge in [0.05, 0.1) is 6.61 Å². The van der Waals surface area contributed by atoms with E-state index in [9.17, 15) is 4.79 Å². The smallest absolute Gasteiger partial charge is 0.330 e. The van der Waals surface area contributed by atoms with Crippen LogP contribution in [0, 0.1) is 13.8 Å². The molecule has 0 heterocycles. The van der Waals surface area contributed by atoms with E-state index in [0.717, 1.165) is 29.9 Å².